The first-order valence-corrected chi connectivity index (χ1v) is 13.0. The molecule has 15 nitrogen and oxygen atoms in total. The Hall–Kier alpha value is -1.95. The van der Waals surface area contributed by atoms with Gasteiger partial charge in [-0.2, -0.15) is 0 Å². The zero-order valence-corrected chi connectivity index (χ0v) is 25.6. The summed E-state index contributed by atoms with van der Waals surface area (Å²) in [6, 6.07) is -0.771. The summed E-state index contributed by atoms with van der Waals surface area (Å²) >= 11 is 0. The number of ether oxygens (including phenoxy) is 11. The number of carbonyl (C=O) groups is 3. The summed E-state index contributed by atoms with van der Waals surface area (Å²) in [6.07, 6.45) is -7.45. The average Bonchev–Trinajstić information content (AvgIpc) is 2.92. The minimum atomic E-state index is -1.08. The lowest BCUT2D eigenvalue weighted by molar-refractivity contribution is -0.287. The maximum atomic E-state index is 12.2. The molecule has 0 aromatic heterocycles. The van der Waals surface area contributed by atoms with Crippen LogP contribution in [0, 0.1) is 0 Å². The molecule has 0 spiro atoms. The van der Waals surface area contributed by atoms with Gasteiger partial charge in [0.15, 0.2) is 12.4 Å². The van der Waals surface area contributed by atoms with Crippen molar-refractivity contribution in [1.29, 1.82) is 0 Å². The van der Waals surface area contributed by atoms with Gasteiger partial charge in [-0.15, -0.1) is 0 Å². The van der Waals surface area contributed by atoms with Gasteiger partial charge in [0.1, 0.15) is 55.4 Å². The van der Waals surface area contributed by atoms with Crippen LogP contribution in [0.5, 0.6) is 0 Å². The molecule has 41 heavy (non-hydrogen) atoms. The van der Waals surface area contributed by atoms with Crippen LogP contribution in [0.3, 0.4) is 0 Å². The number of carbonyl (C=O) groups excluding carboxylic acids is 3. The van der Waals surface area contributed by atoms with Crippen molar-refractivity contribution in [1.82, 2.24) is 5.32 Å². The minimum absolute atomic E-state index is 0.139. The summed E-state index contributed by atoms with van der Waals surface area (Å²) in [7, 11) is 10.2. The second-order valence-electron chi connectivity index (χ2n) is 9.28. The molecule has 1 amide bonds. The maximum absolute atomic E-state index is 12.2. The van der Waals surface area contributed by atoms with Crippen molar-refractivity contribution in [3.63, 3.8) is 0 Å². The van der Waals surface area contributed by atoms with E-state index in [0.29, 0.717) is 0 Å². The van der Waals surface area contributed by atoms with E-state index in [9.17, 15) is 14.4 Å². The van der Waals surface area contributed by atoms with E-state index in [-0.39, 0.29) is 25.7 Å². The first kappa shape index (κ1) is 37.1. The van der Waals surface area contributed by atoms with Gasteiger partial charge in [-0.1, -0.05) is 0 Å². The van der Waals surface area contributed by atoms with Crippen molar-refractivity contribution < 1.29 is 66.5 Å². The third-order valence-corrected chi connectivity index (χ3v) is 6.60. The highest BCUT2D eigenvalue weighted by Crippen LogP contribution is 2.28. The molecule has 0 aromatic carbocycles. The molecule has 1 aliphatic rings. The van der Waals surface area contributed by atoms with E-state index in [4.69, 9.17) is 52.1 Å². The summed E-state index contributed by atoms with van der Waals surface area (Å²) < 4.78 is 62.2. The molecule has 1 N–H and O–H groups in total. The maximum Gasteiger partial charge on any atom is 0.303 e. The second-order valence-corrected chi connectivity index (χ2v) is 9.28. The fraction of sp³-hybridized carbons (Fsp3) is 0.885. The predicted octanol–water partition coefficient (Wildman–Crippen LogP) is -0.536. The van der Waals surface area contributed by atoms with Crippen LogP contribution in [-0.2, 0) is 66.5 Å². The fourth-order valence-electron chi connectivity index (χ4n) is 4.78. The Balaban J connectivity index is 3.32. The van der Waals surface area contributed by atoms with Crippen LogP contribution < -0.4 is 5.32 Å². The van der Waals surface area contributed by atoms with E-state index >= 15 is 0 Å². The summed E-state index contributed by atoms with van der Waals surface area (Å²) in [5.41, 5.74) is 0. The molecule has 1 aliphatic heterocycles. The lowest BCUT2D eigenvalue weighted by Crippen LogP contribution is -2.66. The van der Waals surface area contributed by atoms with Crippen molar-refractivity contribution in [2.24, 2.45) is 0 Å². The number of hydrogen-bond donors (Lipinski definition) is 1. The molecule has 1 saturated heterocycles. The predicted molar refractivity (Wildman–Crippen MR) is 141 cm³/mol. The molecule has 0 aromatic rings. The molecule has 240 valence electrons. The van der Waals surface area contributed by atoms with Gasteiger partial charge in [0, 0.05) is 70.5 Å². The molecule has 5 unspecified atom stereocenters. The largest absolute Gasteiger partial charge is 0.463 e. The highest BCUT2D eigenvalue weighted by molar-refractivity contribution is 5.73. The molecule has 1 rings (SSSR count). The van der Waals surface area contributed by atoms with Crippen molar-refractivity contribution in [2.75, 3.05) is 69.6 Å². The lowest BCUT2D eigenvalue weighted by Gasteiger charge is -2.45. The van der Waals surface area contributed by atoms with Crippen molar-refractivity contribution in [2.45, 2.75) is 81.9 Å². The van der Waals surface area contributed by atoms with E-state index in [2.05, 4.69) is 5.32 Å². The average molecular weight is 598 g/mol. The first-order chi connectivity index (χ1) is 19.5. The third-order valence-electron chi connectivity index (χ3n) is 6.60. The fourth-order valence-corrected chi connectivity index (χ4v) is 4.78. The zero-order chi connectivity index (χ0) is 31.1. The summed E-state index contributed by atoms with van der Waals surface area (Å²) in [5, 5.41) is 2.81. The summed E-state index contributed by atoms with van der Waals surface area (Å²) in [5.74, 6) is -1.46. The second kappa shape index (κ2) is 19.3. The first-order valence-electron chi connectivity index (χ1n) is 13.0. The Morgan fingerprint density at radius 1 is 0.732 bits per heavy atom. The Morgan fingerprint density at radius 3 is 1.76 bits per heavy atom. The molecule has 0 saturated carbocycles. The smallest absolute Gasteiger partial charge is 0.303 e. The molecule has 15 heteroatoms. The Kier molecular flexibility index (Phi) is 17.4. The minimum Gasteiger partial charge on any atom is -0.463 e. The van der Waals surface area contributed by atoms with Gasteiger partial charge in [-0.25, -0.2) is 0 Å². The van der Waals surface area contributed by atoms with Crippen LogP contribution in [0.15, 0.2) is 0 Å². The lowest BCUT2D eigenvalue weighted by atomic mass is 9.96. The van der Waals surface area contributed by atoms with Crippen LogP contribution in [0.1, 0.15) is 20.8 Å². The Morgan fingerprint density at radius 2 is 1.32 bits per heavy atom. The standard InChI is InChI=1S/C26H47NO14/c1-14(28)27-20-24(36-9)22(35-8)19(11-31-4)41-26(20)39-13-18(33-6)23(40-16(3)30)25(37-10)21(34-7)17(32-5)12-38-15(2)29/h17-26H,11-13H2,1-10H3,(H,27,28)/t17?,18?,19-,20-,21?,22-,23?,24-,25?,26+/m1/s1. The van der Waals surface area contributed by atoms with Crippen LogP contribution >= 0.6 is 0 Å². The van der Waals surface area contributed by atoms with Crippen LogP contribution in [0.2, 0.25) is 0 Å². The Labute approximate surface area is 241 Å². The van der Waals surface area contributed by atoms with Crippen LogP contribution in [0.25, 0.3) is 0 Å². The summed E-state index contributed by atoms with van der Waals surface area (Å²) in [4.78, 5) is 35.7. The van der Waals surface area contributed by atoms with Gasteiger partial charge in [0.25, 0.3) is 0 Å². The number of rotatable bonds is 19. The highest BCUT2D eigenvalue weighted by atomic mass is 16.7. The monoisotopic (exact) mass is 597 g/mol. The molecule has 1 fully saturated rings. The van der Waals surface area contributed by atoms with Gasteiger partial charge in [-0.05, 0) is 0 Å². The number of amides is 1. The quantitative estimate of drug-likeness (QED) is 0.189. The number of nitrogens with one attached hydrogen (secondary N) is 1. The molecular weight excluding hydrogens is 550 g/mol. The topological polar surface area (TPSA) is 165 Å². The number of hydrogen-bond acceptors (Lipinski definition) is 14. The van der Waals surface area contributed by atoms with Crippen LogP contribution in [-0.4, -0.2) is 149 Å². The molecule has 0 aliphatic carbocycles. The molecule has 0 bridgehead atoms. The molecular formula is C26H47NO14. The van der Waals surface area contributed by atoms with E-state index < -0.39 is 73.1 Å². The van der Waals surface area contributed by atoms with Gasteiger partial charge >= 0.3 is 11.9 Å². The van der Waals surface area contributed by atoms with Crippen molar-refractivity contribution in [3.8, 4) is 0 Å². The van der Waals surface area contributed by atoms with Gasteiger partial charge in [-0.3, -0.25) is 14.4 Å². The van der Waals surface area contributed by atoms with E-state index in [1.54, 1.807) is 0 Å². The van der Waals surface area contributed by atoms with E-state index in [0.717, 1.165) is 0 Å². The zero-order valence-electron chi connectivity index (χ0n) is 25.6. The van der Waals surface area contributed by atoms with Crippen LogP contribution in [0.4, 0.5) is 0 Å². The van der Waals surface area contributed by atoms with E-state index in [1.165, 1.54) is 70.5 Å². The molecule has 10 atom stereocenters. The van der Waals surface area contributed by atoms with E-state index in [1.807, 2.05) is 0 Å². The molecule has 1 heterocycles. The Bertz CT molecular complexity index is 785. The van der Waals surface area contributed by atoms with Gasteiger partial charge in [0.2, 0.25) is 5.91 Å². The van der Waals surface area contributed by atoms with Gasteiger partial charge in [0.05, 0.1) is 13.2 Å². The van der Waals surface area contributed by atoms with Gasteiger partial charge < -0.3 is 57.4 Å². The normalized spacial score (nSPS) is 26.3. The molecule has 0 radical (unpaired) electrons. The third kappa shape index (κ3) is 11.0. The summed E-state index contributed by atoms with van der Waals surface area (Å²) in [6.45, 7) is 3.71. The number of esters is 2. The highest BCUT2D eigenvalue weighted by Gasteiger charge is 2.49. The van der Waals surface area contributed by atoms with Crippen molar-refractivity contribution in [3.05, 3.63) is 0 Å². The SMILES string of the molecule is COC[C@H]1O[C@H](OCC(OC)C(OC(C)=O)C(OC)C(OC)C(COC(C)=O)OC)[C@H](NC(C)=O)[C@@H](OC)[C@@H]1OC. The number of methoxy groups -OCH3 is 7. The van der Waals surface area contributed by atoms with Crippen molar-refractivity contribution >= 4 is 17.8 Å².